The van der Waals surface area contributed by atoms with Crippen LogP contribution in [0.3, 0.4) is 0 Å². The Hall–Kier alpha value is -3.23. The van der Waals surface area contributed by atoms with Crippen LogP contribution in [-0.4, -0.2) is 40.9 Å². The van der Waals surface area contributed by atoms with E-state index >= 15 is 0 Å². The summed E-state index contributed by atoms with van der Waals surface area (Å²) >= 11 is 1.52. The zero-order chi connectivity index (χ0) is 23.2. The first kappa shape index (κ1) is 22.9. The van der Waals surface area contributed by atoms with E-state index in [0.717, 1.165) is 52.7 Å². The summed E-state index contributed by atoms with van der Waals surface area (Å²) in [6.45, 7) is 4.07. The van der Waals surface area contributed by atoms with Crippen molar-refractivity contribution in [1.82, 2.24) is 9.88 Å². The van der Waals surface area contributed by atoms with Crippen LogP contribution in [0, 0.1) is 0 Å². The molecule has 1 aliphatic rings. The predicted molar refractivity (Wildman–Crippen MR) is 130 cm³/mol. The second-order valence-corrected chi connectivity index (χ2v) is 8.92. The van der Waals surface area contributed by atoms with Crippen molar-refractivity contribution < 1.29 is 14.3 Å². The number of anilines is 1. The molecule has 1 saturated heterocycles. The summed E-state index contributed by atoms with van der Waals surface area (Å²) in [7, 11) is 0. The monoisotopic (exact) mass is 464 g/mol. The van der Waals surface area contributed by atoms with Crippen molar-refractivity contribution in [1.29, 1.82) is 0 Å². The van der Waals surface area contributed by atoms with Crippen LogP contribution in [0.1, 0.15) is 31.0 Å². The number of thiazole rings is 1. The molecule has 1 fully saturated rings. The Bertz CT molecular complexity index is 1110. The number of rotatable bonds is 9. The zero-order valence-electron chi connectivity index (χ0n) is 18.6. The molecule has 1 unspecified atom stereocenters. The van der Waals surface area contributed by atoms with Crippen molar-refractivity contribution in [2.75, 3.05) is 18.5 Å². The highest BCUT2D eigenvalue weighted by atomic mass is 32.1. The normalized spacial score (nSPS) is 16.0. The Morgan fingerprint density at radius 3 is 2.82 bits per heavy atom. The summed E-state index contributed by atoms with van der Waals surface area (Å²) in [6, 6.07) is 15.3. The molecular weight excluding hydrogens is 436 g/mol. The van der Waals surface area contributed by atoms with Gasteiger partial charge in [0.15, 0.2) is 0 Å². The molecule has 2 heterocycles. The predicted octanol–water partition coefficient (Wildman–Crippen LogP) is 3.84. The smallest absolute Gasteiger partial charge is 0.234 e. The van der Waals surface area contributed by atoms with Gasteiger partial charge in [-0.1, -0.05) is 12.1 Å². The van der Waals surface area contributed by atoms with Gasteiger partial charge in [0.05, 0.1) is 24.8 Å². The van der Waals surface area contributed by atoms with Gasteiger partial charge in [-0.15, -0.1) is 11.3 Å². The Labute approximate surface area is 197 Å². The van der Waals surface area contributed by atoms with Gasteiger partial charge in [0.2, 0.25) is 11.8 Å². The third-order valence-corrected chi connectivity index (χ3v) is 6.53. The molecule has 2 aromatic carbocycles. The lowest BCUT2D eigenvalue weighted by atomic mass is 10.1. The SMILES string of the molecule is CCOc1ccc(-c2nc(CC(=O)Nc3cccc(CN4CCCC4C(N)=O)c3)cs2)cc1. The molecule has 2 amide bonds. The Kier molecular flexibility index (Phi) is 7.36. The van der Waals surface area contributed by atoms with Crippen molar-refractivity contribution in [3.63, 3.8) is 0 Å². The number of carbonyl (C=O) groups is 2. The zero-order valence-corrected chi connectivity index (χ0v) is 19.4. The minimum Gasteiger partial charge on any atom is -0.494 e. The summed E-state index contributed by atoms with van der Waals surface area (Å²) in [4.78, 5) is 31.0. The highest BCUT2D eigenvalue weighted by Crippen LogP contribution is 2.26. The fourth-order valence-corrected chi connectivity index (χ4v) is 4.90. The molecule has 1 aromatic heterocycles. The minimum atomic E-state index is -0.273. The number of ether oxygens (including phenoxy) is 1. The number of hydrogen-bond acceptors (Lipinski definition) is 6. The first-order valence-corrected chi connectivity index (χ1v) is 12.0. The second kappa shape index (κ2) is 10.6. The number of nitrogens with two attached hydrogens (primary N) is 1. The highest BCUT2D eigenvalue weighted by molar-refractivity contribution is 7.13. The van der Waals surface area contributed by atoms with E-state index in [0.29, 0.717) is 13.2 Å². The van der Waals surface area contributed by atoms with Gasteiger partial charge >= 0.3 is 0 Å². The third-order valence-electron chi connectivity index (χ3n) is 5.59. The summed E-state index contributed by atoms with van der Waals surface area (Å²) in [5.74, 6) is 0.436. The van der Waals surface area contributed by atoms with E-state index in [1.54, 1.807) is 0 Å². The Balaban J connectivity index is 1.35. The molecule has 0 aliphatic carbocycles. The number of carbonyl (C=O) groups excluding carboxylic acids is 2. The average Bonchev–Trinajstić information content (AvgIpc) is 3.44. The molecular formula is C25H28N4O3S. The molecule has 33 heavy (non-hydrogen) atoms. The molecule has 0 saturated carbocycles. The average molecular weight is 465 g/mol. The van der Waals surface area contributed by atoms with Crippen LogP contribution in [0.5, 0.6) is 5.75 Å². The van der Waals surface area contributed by atoms with Crippen molar-refractivity contribution >= 4 is 28.8 Å². The van der Waals surface area contributed by atoms with E-state index in [4.69, 9.17) is 10.5 Å². The number of primary amides is 1. The van der Waals surface area contributed by atoms with Crippen molar-refractivity contribution in [3.05, 3.63) is 65.2 Å². The molecule has 7 nitrogen and oxygen atoms in total. The molecule has 172 valence electrons. The Morgan fingerprint density at radius 1 is 1.24 bits per heavy atom. The standard InChI is InChI=1S/C25H28N4O3S/c1-2-32-21-10-8-18(9-11-21)25-28-20(16-33-25)14-23(30)27-19-6-3-5-17(13-19)15-29-12-4-7-22(29)24(26)31/h3,5-6,8-11,13,16,22H,2,4,7,12,14-15H2,1H3,(H2,26,31)(H,27,30). The summed E-state index contributed by atoms with van der Waals surface area (Å²) in [5.41, 5.74) is 9.02. The van der Waals surface area contributed by atoms with Crippen LogP contribution in [-0.2, 0) is 22.6 Å². The summed E-state index contributed by atoms with van der Waals surface area (Å²) in [6.07, 6.45) is 1.97. The van der Waals surface area contributed by atoms with Crippen LogP contribution >= 0.6 is 11.3 Å². The first-order chi connectivity index (χ1) is 16.0. The molecule has 0 radical (unpaired) electrons. The molecule has 4 rings (SSSR count). The largest absolute Gasteiger partial charge is 0.494 e. The van der Waals surface area contributed by atoms with Crippen LogP contribution in [0.15, 0.2) is 53.9 Å². The summed E-state index contributed by atoms with van der Waals surface area (Å²) in [5, 5.41) is 5.75. The van der Waals surface area contributed by atoms with Crippen LogP contribution in [0.4, 0.5) is 5.69 Å². The maximum Gasteiger partial charge on any atom is 0.234 e. The third kappa shape index (κ3) is 5.97. The fourth-order valence-electron chi connectivity index (χ4n) is 4.07. The molecule has 3 aromatic rings. The number of benzene rings is 2. The molecule has 1 atom stereocenters. The van der Waals surface area contributed by atoms with Crippen LogP contribution < -0.4 is 15.8 Å². The summed E-state index contributed by atoms with van der Waals surface area (Å²) < 4.78 is 5.48. The number of likely N-dealkylation sites (tertiary alicyclic amines) is 1. The van der Waals surface area contributed by atoms with E-state index in [2.05, 4.69) is 15.2 Å². The van der Waals surface area contributed by atoms with E-state index in [9.17, 15) is 9.59 Å². The number of nitrogens with zero attached hydrogens (tertiary/aromatic N) is 2. The second-order valence-electron chi connectivity index (χ2n) is 8.06. The Morgan fingerprint density at radius 2 is 2.06 bits per heavy atom. The number of nitrogens with one attached hydrogen (secondary N) is 1. The molecule has 3 N–H and O–H groups in total. The molecule has 8 heteroatoms. The van der Waals surface area contributed by atoms with E-state index < -0.39 is 0 Å². The number of hydrogen-bond donors (Lipinski definition) is 2. The lowest BCUT2D eigenvalue weighted by Gasteiger charge is -2.22. The van der Waals surface area contributed by atoms with Crippen LogP contribution in [0.2, 0.25) is 0 Å². The van der Waals surface area contributed by atoms with Gasteiger partial charge in [-0.2, -0.15) is 0 Å². The van der Waals surface area contributed by atoms with Crippen molar-refractivity contribution in [2.45, 2.75) is 38.8 Å². The maximum atomic E-state index is 12.6. The van der Waals surface area contributed by atoms with Crippen LogP contribution in [0.25, 0.3) is 10.6 Å². The van der Waals surface area contributed by atoms with Crippen molar-refractivity contribution in [2.24, 2.45) is 5.73 Å². The van der Waals surface area contributed by atoms with E-state index in [1.165, 1.54) is 11.3 Å². The van der Waals surface area contributed by atoms with Gasteiger partial charge in [-0.05, 0) is 68.3 Å². The maximum absolute atomic E-state index is 12.6. The fraction of sp³-hybridized carbons (Fsp3) is 0.320. The minimum absolute atomic E-state index is 0.119. The van der Waals surface area contributed by atoms with Gasteiger partial charge in [-0.3, -0.25) is 14.5 Å². The lowest BCUT2D eigenvalue weighted by molar-refractivity contribution is -0.122. The van der Waals surface area contributed by atoms with Gasteiger partial charge in [-0.25, -0.2) is 4.98 Å². The topological polar surface area (TPSA) is 97.6 Å². The molecule has 0 spiro atoms. The van der Waals surface area contributed by atoms with E-state index in [1.807, 2.05) is 60.8 Å². The quantitative estimate of drug-likeness (QED) is 0.501. The van der Waals surface area contributed by atoms with E-state index in [-0.39, 0.29) is 24.3 Å². The van der Waals surface area contributed by atoms with Gasteiger partial charge < -0.3 is 15.8 Å². The highest BCUT2D eigenvalue weighted by Gasteiger charge is 2.28. The molecule has 0 bridgehead atoms. The van der Waals surface area contributed by atoms with Gasteiger partial charge in [0.25, 0.3) is 0 Å². The van der Waals surface area contributed by atoms with Crippen molar-refractivity contribution in [3.8, 4) is 16.3 Å². The lowest BCUT2D eigenvalue weighted by Crippen LogP contribution is -2.39. The first-order valence-electron chi connectivity index (χ1n) is 11.1. The number of amides is 2. The molecule has 1 aliphatic heterocycles. The van der Waals surface area contributed by atoms with Gasteiger partial charge in [0, 0.05) is 23.2 Å². The van der Waals surface area contributed by atoms with Gasteiger partial charge in [0.1, 0.15) is 10.8 Å². The number of aromatic nitrogens is 1.